The van der Waals surface area contributed by atoms with Gasteiger partial charge in [0.05, 0.1) is 0 Å². The van der Waals surface area contributed by atoms with E-state index in [1.54, 1.807) is 6.92 Å². The Bertz CT molecular complexity index is 338. The van der Waals surface area contributed by atoms with E-state index >= 15 is 0 Å². The second-order valence-electron chi connectivity index (χ2n) is 2.42. The molecule has 0 aliphatic carbocycles. The van der Waals surface area contributed by atoms with E-state index in [-0.39, 0.29) is 5.56 Å². The topological polar surface area (TPSA) is 43.1 Å². The highest BCUT2D eigenvalue weighted by Crippen LogP contribution is 2.17. The molecule has 64 valence electrons. The number of nitrogens with two attached hydrogens (primary N) is 1. The highest BCUT2D eigenvalue weighted by molar-refractivity contribution is 14.1. The van der Waals surface area contributed by atoms with Crippen LogP contribution >= 0.6 is 22.6 Å². The molecule has 0 bridgehead atoms. The Morgan fingerprint density at radius 1 is 1.58 bits per heavy atom. The van der Waals surface area contributed by atoms with Crippen LogP contribution in [0.1, 0.15) is 15.9 Å². The summed E-state index contributed by atoms with van der Waals surface area (Å²) in [6.45, 7) is 1.74. The summed E-state index contributed by atoms with van der Waals surface area (Å²) < 4.78 is 13.5. The van der Waals surface area contributed by atoms with Gasteiger partial charge in [0.15, 0.2) is 0 Å². The van der Waals surface area contributed by atoms with Crippen molar-refractivity contribution in [2.24, 2.45) is 5.73 Å². The van der Waals surface area contributed by atoms with E-state index in [9.17, 15) is 9.18 Å². The Morgan fingerprint density at radius 2 is 2.17 bits per heavy atom. The maximum Gasteiger partial charge on any atom is 0.249 e. The molecule has 0 fully saturated rings. The smallest absolute Gasteiger partial charge is 0.249 e. The molecular formula is C8H7FINO. The predicted molar refractivity (Wildman–Crippen MR) is 52.4 cm³/mol. The molecule has 0 unspecified atom stereocenters. The molecule has 0 radical (unpaired) electrons. The van der Waals surface area contributed by atoms with Gasteiger partial charge < -0.3 is 5.73 Å². The van der Waals surface area contributed by atoms with E-state index in [2.05, 4.69) is 0 Å². The number of amides is 1. The molecular weight excluding hydrogens is 272 g/mol. The maximum atomic E-state index is 12.8. The van der Waals surface area contributed by atoms with Gasteiger partial charge in [-0.25, -0.2) is 4.39 Å². The minimum Gasteiger partial charge on any atom is -0.366 e. The zero-order chi connectivity index (χ0) is 9.30. The van der Waals surface area contributed by atoms with Gasteiger partial charge in [-0.1, -0.05) is 0 Å². The van der Waals surface area contributed by atoms with E-state index in [0.29, 0.717) is 3.57 Å². The molecule has 12 heavy (non-hydrogen) atoms. The van der Waals surface area contributed by atoms with Crippen molar-refractivity contribution >= 4 is 28.5 Å². The highest BCUT2D eigenvalue weighted by Gasteiger charge is 2.09. The Morgan fingerprint density at radius 3 is 2.67 bits per heavy atom. The molecule has 0 heterocycles. The first-order valence-electron chi connectivity index (χ1n) is 3.28. The van der Waals surface area contributed by atoms with Crippen LogP contribution in [0, 0.1) is 16.3 Å². The summed E-state index contributed by atoms with van der Waals surface area (Å²) >= 11 is 1.96. The van der Waals surface area contributed by atoms with E-state index in [0.717, 1.165) is 11.6 Å². The van der Waals surface area contributed by atoms with Crippen LogP contribution < -0.4 is 5.73 Å². The summed E-state index contributed by atoms with van der Waals surface area (Å²) in [6, 6.07) is 2.52. The van der Waals surface area contributed by atoms with Crippen molar-refractivity contribution in [3.05, 3.63) is 32.6 Å². The molecule has 0 atom stereocenters. The van der Waals surface area contributed by atoms with Crippen LogP contribution in [0.2, 0.25) is 0 Å². The first-order valence-corrected chi connectivity index (χ1v) is 4.35. The Labute approximate surface area is 83.1 Å². The van der Waals surface area contributed by atoms with Gasteiger partial charge in [-0.2, -0.15) is 0 Å². The molecule has 0 aliphatic heterocycles. The number of halogens is 2. The van der Waals surface area contributed by atoms with Crippen molar-refractivity contribution in [3.8, 4) is 0 Å². The second-order valence-corrected chi connectivity index (χ2v) is 3.59. The molecule has 1 aromatic rings. The Balaban J connectivity index is 3.37. The second kappa shape index (κ2) is 3.38. The van der Waals surface area contributed by atoms with Gasteiger partial charge in [-0.15, -0.1) is 0 Å². The average Bonchev–Trinajstić information content (AvgIpc) is 1.96. The zero-order valence-electron chi connectivity index (χ0n) is 6.40. The largest absolute Gasteiger partial charge is 0.366 e. The molecule has 2 nitrogen and oxygen atoms in total. The molecule has 1 rings (SSSR count). The van der Waals surface area contributed by atoms with Crippen molar-refractivity contribution < 1.29 is 9.18 Å². The number of rotatable bonds is 1. The zero-order valence-corrected chi connectivity index (χ0v) is 8.55. The van der Waals surface area contributed by atoms with Crippen molar-refractivity contribution in [2.45, 2.75) is 6.92 Å². The Kier molecular flexibility index (Phi) is 2.66. The van der Waals surface area contributed by atoms with Gasteiger partial charge in [0, 0.05) is 9.13 Å². The van der Waals surface area contributed by atoms with Crippen molar-refractivity contribution in [1.29, 1.82) is 0 Å². The first-order chi connectivity index (χ1) is 5.52. The molecule has 0 saturated carbocycles. The van der Waals surface area contributed by atoms with Crippen LogP contribution in [0.25, 0.3) is 0 Å². The third kappa shape index (κ3) is 1.74. The number of hydrogen-bond acceptors (Lipinski definition) is 1. The summed E-state index contributed by atoms with van der Waals surface area (Å²) in [6.07, 6.45) is 0. The van der Waals surface area contributed by atoms with E-state index in [1.807, 2.05) is 22.6 Å². The van der Waals surface area contributed by atoms with Gasteiger partial charge in [-0.3, -0.25) is 4.79 Å². The van der Waals surface area contributed by atoms with Gasteiger partial charge >= 0.3 is 0 Å². The first kappa shape index (κ1) is 9.44. The van der Waals surface area contributed by atoms with Crippen LogP contribution in [-0.4, -0.2) is 5.91 Å². The van der Waals surface area contributed by atoms with E-state index < -0.39 is 11.7 Å². The molecule has 0 saturated heterocycles. The molecule has 1 aromatic carbocycles. The molecule has 4 heteroatoms. The number of carbonyl (C=O) groups is 1. The summed E-state index contributed by atoms with van der Waals surface area (Å²) in [5, 5.41) is 0. The Hall–Kier alpha value is -0.650. The molecule has 0 aromatic heterocycles. The summed E-state index contributed by atoms with van der Waals surface area (Å²) in [5.74, 6) is -1.02. The third-order valence-electron chi connectivity index (χ3n) is 1.57. The van der Waals surface area contributed by atoms with Gasteiger partial charge in [-0.05, 0) is 47.2 Å². The van der Waals surface area contributed by atoms with Gasteiger partial charge in [0.2, 0.25) is 5.91 Å². The number of benzene rings is 1. The minimum atomic E-state index is -0.593. The molecule has 2 N–H and O–H groups in total. The summed E-state index contributed by atoms with van der Waals surface area (Å²) in [4.78, 5) is 10.8. The monoisotopic (exact) mass is 279 g/mol. The van der Waals surface area contributed by atoms with Crippen molar-refractivity contribution in [3.63, 3.8) is 0 Å². The van der Waals surface area contributed by atoms with Crippen LogP contribution in [0.4, 0.5) is 4.39 Å². The van der Waals surface area contributed by atoms with Crippen LogP contribution in [0.15, 0.2) is 12.1 Å². The van der Waals surface area contributed by atoms with Gasteiger partial charge in [0.25, 0.3) is 0 Å². The van der Waals surface area contributed by atoms with Gasteiger partial charge in [0.1, 0.15) is 5.82 Å². The lowest BCUT2D eigenvalue weighted by Crippen LogP contribution is -2.13. The fourth-order valence-electron chi connectivity index (χ4n) is 0.902. The van der Waals surface area contributed by atoms with Crippen molar-refractivity contribution in [1.82, 2.24) is 0 Å². The SMILES string of the molecule is Cc1c(I)cc(F)cc1C(N)=O. The molecule has 1 amide bonds. The minimum absolute atomic E-state index is 0.249. The predicted octanol–water partition coefficient (Wildman–Crippen LogP) is 1.84. The van der Waals surface area contributed by atoms with Crippen LogP contribution in [0.3, 0.4) is 0 Å². The van der Waals surface area contributed by atoms with Crippen molar-refractivity contribution in [2.75, 3.05) is 0 Å². The number of primary amides is 1. The quantitative estimate of drug-likeness (QED) is 0.783. The normalized spacial score (nSPS) is 9.92. The lowest BCUT2D eigenvalue weighted by molar-refractivity contribution is 0.0999. The van der Waals surface area contributed by atoms with Crippen LogP contribution in [0.5, 0.6) is 0 Å². The average molecular weight is 279 g/mol. The number of carbonyl (C=O) groups excluding carboxylic acids is 1. The molecule has 0 aliphatic rings. The summed E-state index contributed by atoms with van der Waals surface area (Å²) in [5.41, 5.74) is 6.02. The van der Waals surface area contributed by atoms with Crippen LogP contribution in [-0.2, 0) is 0 Å². The lowest BCUT2D eigenvalue weighted by atomic mass is 10.1. The lowest BCUT2D eigenvalue weighted by Gasteiger charge is -2.03. The fourth-order valence-corrected chi connectivity index (χ4v) is 1.49. The highest BCUT2D eigenvalue weighted by atomic mass is 127. The third-order valence-corrected chi connectivity index (χ3v) is 2.70. The van der Waals surface area contributed by atoms with E-state index in [1.165, 1.54) is 6.07 Å². The molecule has 0 spiro atoms. The summed E-state index contributed by atoms with van der Waals surface area (Å²) in [7, 11) is 0. The maximum absolute atomic E-state index is 12.8. The van der Waals surface area contributed by atoms with E-state index in [4.69, 9.17) is 5.73 Å². The number of hydrogen-bond donors (Lipinski definition) is 1. The fraction of sp³-hybridized carbons (Fsp3) is 0.125. The standard InChI is InChI=1S/C8H7FINO/c1-4-6(8(11)12)2-5(9)3-7(4)10/h2-3H,1H3,(H2,11,12).